The largest absolute Gasteiger partial charge is 0.338 e. The lowest BCUT2D eigenvalue weighted by molar-refractivity contribution is -0.133. The van der Waals surface area contributed by atoms with Gasteiger partial charge in [-0.25, -0.2) is 0 Å². The summed E-state index contributed by atoms with van der Waals surface area (Å²) in [5.41, 5.74) is 1.80. The fourth-order valence-electron chi connectivity index (χ4n) is 4.02. The first-order valence-corrected chi connectivity index (χ1v) is 9.63. The van der Waals surface area contributed by atoms with Crippen LogP contribution < -0.4 is 0 Å². The molecule has 2 amide bonds. The third-order valence-electron chi connectivity index (χ3n) is 5.52. The van der Waals surface area contributed by atoms with Crippen molar-refractivity contribution in [3.63, 3.8) is 0 Å². The standard InChI is InChI=1S/C19H21N3O2S/c23-17-1-5-19(22(17)13-15-2-8-20-9-3-15)6-10-21(11-7-19)18(24)16-4-12-25-14-16/h2-4,8-9,12,14H,1,5-7,10-11,13H2. The maximum atomic E-state index is 12.5. The average molecular weight is 355 g/mol. The van der Waals surface area contributed by atoms with Gasteiger partial charge < -0.3 is 9.80 Å². The summed E-state index contributed by atoms with van der Waals surface area (Å²) in [6.45, 7) is 2.07. The summed E-state index contributed by atoms with van der Waals surface area (Å²) >= 11 is 1.55. The van der Waals surface area contributed by atoms with Crippen LogP contribution in [-0.4, -0.2) is 45.2 Å². The molecule has 1 spiro atoms. The first-order chi connectivity index (χ1) is 12.2. The highest BCUT2D eigenvalue weighted by Crippen LogP contribution is 2.40. The molecule has 4 heterocycles. The van der Waals surface area contributed by atoms with Crippen LogP contribution in [0.25, 0.3) is 0 Å². The number of piperidine rings is 1. The molecule has 2 fully saturated rings. The van der Waals surface area contributed by atoms with Crippen molar-refractivity contribution in [3.8, 4) is 0 Å². The lowest BCUT2D eigenvalue weighted by atomic mass is 9.84. The summed E-state index contributed by atoms with van der Waals surface area (Å²) in [5.74, 6) is 0.343. The van der Waals surface area contributed by atoms with Crippen LogP contribution in [0.2, 0.25) is 0 Å². The SMILES string of the molecule is O=C(c1ccsc1)N1CCC2(CCC(=O)N2Cc2ccncc2)CC1. The van der Waals surface area contributed by atoms with Crippen molar-refractivity contribution < 1.29 is 9.59 Å². The summed E-state index contributed by atoms with van der Waals surface area (Å²) in [4.78, 5) is 33.1. The molecule has 2 aliphatic rings. The Morgan fingerprint density at radius 2 is 1.92 bits per heavy atom. The van der Waals surface area contributed by atoms with Gasteiger partial charge in [0, 0.05) is 49.4 Å². The molecule has 0 atom stereocenters. The van der Waals surface area contributed by atoms with E-state index in [1.807, 2.05) is 33.9 Å². The Balaban J connectivity index is 1.47. The Hall–Kier alpha value is -2.21. The molecule has 2 aliphatic heterocycles. The van der Waals surface area contributed by atoms with E-state index in [4.69, 9.17) is 0 Å². The summed E-state index contributed by atoms with van der Waals surface area (Å²) < 4.78 is 0. The van der Waals surface area contributed by atoms with E-state index in [1.54, 1.807) is 23.7 Å². The van der Waals surface area contributed by atoms with Crippen LogP contribution in [0.5, 0.6) is 0 Å². The smallest absolute Gasteiger partial charge is 0.254 e. The fraction of sp³-hybridized carbons (Fsp3) is 0.421. The second-order valence-electron chi connectivity index (χ2n) is 6.86. The molecule has 2 aromatic rings. The maximum absolute atomic E-state index is 12.5. The maximum Gasteiger partial charge on any atom is 0.254 e. The number of carbonyl (C=O) groups excluding carboxylic acids is 2. The van der Waals surface area contributed by atoms with Gasteiger partial charge in [0.1, 0.15) is 0 Å². The Bertz CT molecular complexity index is 752. The summed E-state index contributed by atoms with van der Waals surface area (Å²) in [6, 6.07) is 5.81. The number of rotatable bonds is 3. The van der Waals surface area contributed by atoms with E-state index in [0.717, 1.165) is 43.5 Å². The zero-order valence-corrected chi connectivity index (χ0v) is 14.9. The molecule has 6 heteroatoms. The van der Waals surface area contributed by atoms with Crippen LogP contribution in [0.15, 0.2) is 41.4 Å². The summed E-state index contributed by atoms with van der Waals surface area (Å²) in [5, 5.41) is 3.84. The summed E-state index contributed by atoms with van der Waals surface area (Å²) in [6.07, 6.45) is 6.77. The molecule has 0 saturated carbocycles. The zero-order chi connectivity index (χ0) is 17.3. The fourth-order valence-corrected chi connectivity index (χ4v) is 4.65. The molecule has 2 saturated heterocycles. The number of aromatic nitrogens is 1. The van der Waals surface area contributed by atoms with Crippen molar-refractivity contribution in [2.45, 2.75) is 37.8 Å². The Kier molecular flexibility index (Phi) is 4.29. The van der Waals surface area contributed by atoms with E-state index < -0.39 is 0 Å². The van der Waals surface area contributed by atoms with Crippen LogP contribution in [-0.2, 0) is 11.3 Å². The highest BCUT2D eigenvalue weighted by atomic mass is 32.1. The number of thiophene rings is 1. The van der Waals surface area contributed by atoms with Crippen molar-refractivity contribution in [2.75, 3.05) is 13.1 Å². The lowest BCUT2D eigenvalue weighted by Gasteiger charge is -2.45. The van der Waals surface area contributed by atoms with Gasteiger partial charge in [-0.15, -0.1) is 0 Å². The van der Waals surface area contributed by atoms with E-state index in [2.05, 4.69) is 9.88 Å². The number of pyridine rings is 1. The highest BCUT2D eigenvalue weighted by molar-refractivity contribution is 7.08. The number of amides is 2. The Morgan fingerprint density at radius 3 is 2.60 bits per heavy atom. The molecule has 0 unspecified atom stereocenters. The second kappa shape index (κ2) is 6.59. The molecule has 25 heavy (non-hydrogen) atoms. The molecule has 0 aliphatic carbocycles. The molecule has 130 valence electrons. The van der Waals surface area contributed by atoms with Crippen LogP contribution in [0.1, 0.15) is 41.6 Å². The van der Waals surface area contributed by atoms with Gasteiger partial charge in [0.2, 0.25) is 5.91 Å². The number of hydrogen-bond acceptors (Lipinski definition) is 4. The Labute approximate surface area is 151 Å². The molecule has 0 radical (unpaired) electrons. The number of likely N-dealkylation sites (tertiary alicyclic amines) is 2. The van der Waals surface area contributed by atoms with Gasteiger partial charge in [0.25, 0.3) is 5.91 Å². The molecule has 4 rings (SSSR count). The lowest BCUT2D eigenvalue weighted by Crippen LogP contribution is -2.53. The minimum Gasteiger partial charge on any atom is -0.338 e. The van der Waals surface area contributed by atoms with Gasteiger partial charge in [-0.1, -0.05) is 0 Å². The van der Waals surface area contributed by atoms with Crippen molar-refractivity contribution >= 4 is 23.2 Å². The number of nitrogens with zero attached hydrogens (tertiary/aromatic N) is 3. The van der Waals surface area contributed by atoms with Crippen molar-refractivity contribution in [3.05, 3.63) is 52.5 Å². The average Bonchev–Trinajstić information content (AvgIpc) is 3.28. The molecule has 0 aromatic carbocycles. The Morgan fingerprint density at radius 1 is 1.16 bits per heavy atom. The van der Waals surface area contributed by atoms with Crippen LogP contribution in [0.3, 0.4) is 0 Å². The molecule has 2 aromatic heterocycles. The minimum atomic E-state index is -0.0915. The van der Waals surface area contributed by atoms with Gasteiger partial charge in [-0.3, -0.25) is 14.6 Å². The van der Waals surface area contributed by atoms with Gasteiger partial charge in [0.15, 0.2) is 0 Å². The van der Waals surface area contributed by atoms with E-state index >= 15 is 0 Å². The third-order valence-corrected chi connectivity index (χ3v) is 6.20. The first kappa shape index (κ1) is 16.3. The molecule has 5 nitrogen and oxygen atoms in total. The van der Waals surface area contributed by atoms with Crippen LogP contribution in [0, 0.1) is 0 Å². The van der Waals surface area contributed by atoms with Crippen LogP contribution in [0.4, 0.5) is 0 Å². The molecule has 0 N–H and O–H groups in total. The van der Waals surface area contributed by atoms with Crippen molar-refractivity contribution in [2.24, 2.45) is 0 Å². The van der Waals surface area contributed by atoms with Gasteiger partial charge in [0.05, 0.1) is 5.56 Å². The molecular formula is C19H21N3O2S. The third kappa shape index (κ3) is 3.06. The quantitative estimate of drug-likeness (QED) is 0.851. The predicted molar refractivity (Wildman–Crippen MR) is 96.2 cm³/mol. The topological polar surface area (TPSA) is 53.5 Å². The monoisotopic (exact) mass is 355 g/mol. The van der Waals surface area contributed by atoms with E-state index in [1.165, 1.54) is 0 Å². The van der Waals surface area contributed by atoms with Gasteiger partial charge in [-0.2, -0.15) is 11.3 Å². The van der Waals surface area contributed by atoms with E-state index in [0.29, 0.717) is 13.0 Å². The van der Waals surface area contributed by atoms with Crippen molar-refractivity contribution in [1.82, 2.24) is 14.8 Å². The van der Waals surface area contributed by atoms with E-state index in [9.17, 15) is 9.59 Å². The van der Waals surface area contributed by atoms with Gasteiger partial charge in [-0.05, 0) is 48.4 Å². The zero-order valence-electron chi connectivity index (χ0n) is 14.1. The van der Waals surface area contributed by atoms with E-state index in [-0.39, 0.29) is 17.4 Å². The predicted octanol–water partition coefficient (Wildman–Crippen LogP) is 2.94. The van der Waals surface area contributed by atoms with Crippen LogP contribution >= 0.6 is 11.3 Å². The highest BCUT2D eigenvalue weighted by Gasteiger charge is 2.47. The minimum absolute atomic E-state index is 0.0915. The molecular weight excluding hydrogens is 334 g/mol. The molecule has 0 bridgehead atoms. The summed E-state index contributed by atoms with van der Waals surface area (Å²) in [7, 11) is 0. The van der Waals surface area contributed by atoms with Crippen molar-refractivity contribution in [1.29, 1.82) is 0 Å². The number of hydrogen-bond donors (Lipinski definition) is 0. The normalized spacial score (nSPS) is 19.6. The van der Waals surface area contributed by atoms with Gasteiger partial charge >= 0.3 is 0 Å². The first-order valence-electron chi connectivity index (χ1n) is 8.69. The number of carbonyl (C=O) groups is 2. The second-order valence-corrected chi connectivity index (χ2v) is 7.64.